The summed E-state index contributed by atoms with van der Waals surface area (Å²) in [6.45, 7) is 3.78. The maximum Gasteiger partial charge on any atom is 0.277 e. The van der Waals surface area contributed by atoms with E-state index in [0.29, 0.717) is 11.6 Å². The van der Waals surface area contributed by atoms with Gasteiger partial charge >= 0.3 is 0 Å². The Bertz CT molecular complexity index is 310. The molecule has 1 unspecified atom stereocenters. The Morgan fingerprint density at radius 1 is 1.71 bits per heavy atom. The van der Waals surface area contributed by atoms with Gasteiger partial charge in [0.2, 0.25) is 0 Å². The monoisotopic (exact) mass is 195 g/mol. The molecule has 1 aliphatic rings. The fourth-order valence-electron chi connectivity index (χ4n) is 1.79. The van der Waals surface area contributed by atoms with Crippen molar-refractivity contribution in [1.82, 2.24) is 15.2 Å². The molecule has 0 bridgehead atoms. The molecule has 2 rings (SSSR count). The van der Waals surface area contributed by atoms with Crippen molar-refractivity contribution in [2.24, 2.45) is 5.92 Å². The lowest BCUT2D eigenvalue weighted by atomic mass is 10.0. The highest BCUT2D eigenvalue weighted by molar-refractivity contribution is 5.91. The van der Waals surface area contributed by atoms with Crippen molar-refractivity contribution in [3.8, 4) is 0 Å². The molecule has 1 atom stereocenters. The van der Waals surface area contributed by atoms with Crippen LogP contribution in [-0.2, 0) is 0 Å². The highest BCUT2D eigenvalue weighted by Crippen LogP contribution is 2.16. The van der Waals surface area contributed by atoms with Crippen LogP contribution in [0.3, 0.4) is 0 Å². The molecule has 14 heavy (non-hydrogen) atoms. The van der Waals surface area contributed by atoms with Crippen molar-refractivity contribution in [1.29, 1.82) is 0 Å². The molecular weight excluding hydrogens is 182 g/mol. The number of amides is 1. The van der Waals surface area contributed by atoms with Gasteiger partial charge in [-0.05, 0) is 23.9 Å². The number of aromatic nitrogens is 2. The summed E-state index contributed by atoms with van der Waals surface area (Å²) in [5.74, 6) is 0.505. The van der Waals surface area contributed by atoms with Gasteiger partial charge < -0.3 is 4.90 Å². The summed E-state index contributed by atoms with van der Waals surface area (Å²) in [5, 5.41) is 6.96. The first-order valence-corrected chi connectivity index (χ1v) is 4.84. The highest BCUT2D eigenvalue weighted by Gasteiger charge is 2.23. The highest BCUT2D eigenvalue weighted by atomic mass is 16.6. The molecule has 0 radical (unpaired) electrons. The second-order valence-electron chi connectivity index (χ2n) is 3.79. The van der Waals surface area contributed by atoms with Crippen LogP contribution in [0.5, 0.6) is 0 Å². The van der Waals surface area contributed by atoms with Crippen molar-refractivity contribution in [2.45, 2.75) is 19.8 Å². The zero-order valence-electron chi connectivity index (χ0n) is 8.14. The second-order valence-corrected chi connectivity index (χ2v) is 3.79. The number of rotatable bonds is 1. The molecule has 5 nitrogen and oxygen atoms in total. The Labute approximate surface area is 82.0 Å². The SMILES string of the molecule is CC1CCCN(C(=O)c2cnon2)C1. The van der Waals surface area contributed by atoms with Gasteiger partial charge in [-0.15, -0.1) is 0 Å². The van der Waals surface area contributed by atoms with Crippen molar-refractivity contribution < 1.29 is 9.42 Å². The lowest BCUT2D eigenvalue weighted by Gasteiger charge is -2.30. The van der Waals surface area contributed by atoms with E-state index in [4.69, 9.17) is 0 Å². The third kappa shape index (κ3) is 1.76. The van der Waals surface area contributed by atoms with Gasteiger partial charge in [-0.25, -0.2) is 4.63 Å². The summed E-state index contributed by atoms with van der Waals surface area (Å²) in [6.07, 6.45) is 3.63. The van der Waals surface area contributed by atoms with E-state index < -0.39 is 0 Å². The normalized spacial score (nSPS) is 22.4. The molecule has 1 fully saturated rings. The first-order chi connectivity index (χ1) is 6.77. The van der Waals surface area contributed by atoms with Crippen LogP contribution in [0.15, 0.2) is 10.8 Å². The molecule has 0 aliphatic carbocycles. The van der Waals surface area contributed by atoms with E-state index in [9.17, 15) is 4.79 Å². The van der Waals surface area contributed by atoms with Gasteiger partial charge in [-0.3, -0.25) is 4.79 Å². The van der Waals surface area contributed by atoms with Gasteiger partial charge in [0.05, 0.1) is 0 Å². The average molecular weight is 195 g/mol. The minimum atomic E-state index is -0.0715. The van der Waals surface area contributed by atoms with Crippen LogP contribution in [-0.4, -0.2) is 34.2 Å². The standard InChI is InChI=1S/C9H13N3O2/c1-7-3-2-4-12(6-7)9(13)8-5-10-14-11-8/h5,7H,2-4,6H2,1H3. The molecule has 0 aromatic carbocycles. The summed E-state index contributed by atoms with van der Waals surface area (Å²) < 4.78 is 4.41. The molecule has 0 spiro atoms. The lowest BCUT2D eigenvalue weighted by molar-refractivity contribution is 0.0672. The fraction of sp³-hybridized carbons (Fsp3) is 0.667. The van der Waals surface area contributed by atoms with E-state index in [2.05, 4.69) is 21.9 Å². The van der Waals surface area contributed by atoms with Crippen molar-refractivity contribution >= 4 is 5.91 Å². The first-order valence-electron chi connectivity index (χ1n) is 4.84. The molecule has 1 aliphatic heterocycles. The maximum atomic E-state index is 11.8. The molecule has 76 valence electrons. The summed E-state index contributed by atoms with van der Waals surface area (Å²) in [5.41, 5.74) is 0.305. The molecule has 1 aromatic rings. The Morgan fingerprint density at radius 2 is 2.57 bits per heavy atom. The van der Waals surface area contributed by atoms with Gasteiger partial charge in [-0.2, -0.15) is 0 Å². The van der Waals surface area contributed by atoms with E-state index in [1.54, 1.807) is 0 Å². The molecule has 0 saturated carbocycles. The van der Waals surface area contributed by atoms with Gasteiger partial charge in [0.25, 0.3) is 5.91 Å². The average Bonchev–Trinajstić information content (AvgIpc) is 2.69. The minimum absolute atomic E-state index is 0.0715. The summed E-state index contributed by atoms with van der Waals surface area (Å²) >= 11 is 0. The van der Waals surface area contributed by atoms with Gasteiger partial charge in [0, 0.05) is 13.1 Å². The van der Waals surface area contributed by atoms with E-state index in [1.807, 2.05) is 4.90 Å². The number of likely N-dealkylation sites (tertiary alicyclic amines) is 1. The minimum Gasteiger partial charge on any atom is -0.337 e. The zero-order chi connectivity index (χ0) is 9.97. The third-order valence-electron chi connectivity index (χ3n) is 2.52. The van der Waals surface area contributed by atoms with Crippen molar-refractivity contribution in [3.63, 3.8) is 0 Å². The molecular formula is C9H13N3O2. The second kappa shape index (κ2) is 3.77. The Kier molecular flexibility index (Phi) is 2.47. The number of hydrogen-bond acceptors (Lipinski definition) is 4. The smallest absolute Gasteiger partial charge is 0.277 e. The zero-order valence-corrected chi connectivity index (χ0v) is 8.14. The molecule has 1 amide bonds. The van der Waals surface area contributed by atoms with Crippen molar-refractivity contribution in [2.75, 3.05) is 13.1 Å². The lowest BCUT2D eigenvalue weighted by Crippen LogP contribution is -2.39. The van der Waals surface area contributed by atoms with Gasteiger partial charge in [0.15, 0.2) is 5.69 Å². The van der Waals surface area contributed by atoms with Crippen LogP contribution in [0.2, 0.25) is 0 Å². The summed E-state index contributed by atoms with van der Waals surface area (Å²) in [7, 11) is 0. The summed E-state index contributed by atoms with van der Waals surface area (Å²) in [6, 6.07) is 0. The number of hydrogen-bond donors (Lipinski definition) is 0. The number of carbonyl (C=O) groups is 1. The number of piperidine rings is 1. The molecule has 1 aromatic heterocycles. The van der Waals surface area contributed by atoms with E-state index in [0.717, 1.165) is 19.5 Å². The van der Waals surface area contributed by atoms with Crippen LogP contribution in [0.4, 0.5) is 0 Å². The molecule has 2 heterocycles. The molecule has 1 saturated heterocycles. The Morgan fingerprint density at radius 3 is 3.21 bits per heavy atom. The van der Waals surface area contributed by atoms with Gasteiger partial charge in [-0.1, -0.05) is 12.1 Å². The molecule has 0 N–H and O–H groups in total. The van der Waals surface area contributed by atoms with Crippen molar-refractivity contribution in [3.05, 3.63) is 11.9 Å². The fourth-order valence-corrected chi connectivity index (χ4v) is 1.79. The van der Waals surface area contributed by atoms with Crippen LogP contribution in [0.1, 0.15) is 30.3 Å². The predicted octanol–water partition coefficient (Wildman–Crippen LogP) is 0.942. The van der Waals surface area contributed by atoms with E-state index in [-0.39, 0.29) is 5.91 Å². The van der Waals surface area contributed by atoms with Crippen LogP contribution < -0.4 is 0 Å². The number of carbonyl (C=O) groups excluding carboxylic acids is 1. The van der Waals surface area contributed by atoms with Crippen LogP contribution in [0.25, 0.3) is 0 Å². The quantitative estimate of drug-likeness (QED) is 0.669. The maximum absolute atomic E-state index is 11.8. The number of nitrogens with zero attached hydrogens (tertiary/aromatic N) is 3. The topological polar surface area (TPSA) is 59.2 Å². The van der Waals surface area contributed by atoms with E-state index >= 15 is 0 Å². The molecule has 5 heteroatoms. The Hall–Kier alpha value is -1.39. The summed E-state index contributed by atoms with van der Waals surface area (Å²) in [4.78, 5) is 13.6. The largest absolute Gasteiger partial charge is 0.337 e. The van der Waals surface area contributed by atoms with Crippen LogP contribution >= 0.6 is 0 Å². The van der Waals surface area contributed by atoms with Gasteiger partial charge in [0.1, 0.15) is 6.20 Å². The van der Waals surface area contributed by atoms with E-state index in [1.165, 1.54) is 12.6 Å². The first kappa shape index (κ1) is 9.18. The Balaban J connectivity index is 2.04. The van der Waals surface area contributed by atoms with Crippen LogP contribution in [0, 0.1) is 5.92 Å². The predicted molar refractivity (Wildman–Crippen MR) is 48.6 cm³/mol. The third-order valence-corrected chi connectivity index (χ3v) is 2.52.